The second kappa shape index (κ2) is 9.84. The van der Waals surface area contributed by atoms with Gasteiger partial charge in [0.2, 0.25) is 5.82 Å². The van der Waals surface area contributed by atoms with Crippen molar-refractivity contribution < 1.29 is 36.9 Å². The van der Waals surface area contributed by atoms with E-state index < -0.39 is 42.2 Å². The Morgan fingerprint density at radius 2 is 1.97 bits per heavy atom. The van der Waals surface area contributed by atoms with Crippen molar-refractivity contribution >= 4 is 17.2 Å². The number of rotatable bonds is 6. The summed E-state index contributed by atoms with van der Waals surface area (Å²) in [6.45, 7) is 3.43. The molecule has 35 heavy (non-hydrogen) atoms. The van der Waals surface area contributed by atoms with Gasteiger partial charge in [0, 0.05) is 35.5 Å². The number of halogens is 4. The third kappa shape index (κ3) is 5.74. The van der Waals surface area contributed by atoms with Crippen LogP contribution < -0.4 is 10.1 Å². The first-order chi connectivity index (χ1) is 16.5. The zero-order valence-electron chi connectivity index (χ0n) is 18.5. The first-order valence-electron chi connectivity index (χ1n) is 10.4. The normalized spacial score (nSPS) is 18.9. The molecule has 186 valence electrons. The SMILES string of the molecule is Cc1cnc(-c2cc(O[C@H]3CO[C@H](O)C3)cc(C(=O)N[C@H](C)c3cnc(C(F)(F)F)nc3)c2F)s1. The number of benzene rings is 1. The molecule has 0 spiro atoms. The van der Waals surface area contributed by atoms with E-state index in [4.69, 9.17) is 9.47 Å². The molecule has 0 aliphatic carbocycles. The number of aromatic nitrogens is 3. The molecule has 0 saturated carbocycles. The summed E-state index contributed by atoms with van der Waals surface area (Å²) in [4.78, 5) is 24.6. The van der Waals surface area contributed by atoms with Crippen LogP contribution in [-0.2, 0) is 10.9 Å². The van der Waals surface area contributed by atoms with Gasteiger partial charge in [-0.3, -0.25) is 4.79 Å². The second-order valence-electron chi connectivity index (χ2n) is 7.90. The lowest BCUT2D eigenvalue weighted by atomic mass is 10.1. The van der Waals surface area contributed by atoms with Gasteiger partial charge in [0.05, 0.1) is 23.8 Å². The van der Waals surface area contributed by atoms with Crippen molar-refractivity contribution in [3.63, 3.8) is 0 Å². The molecule has 0 radical (unpaired) electrons. The van der Waals surface area contributed by atoms with Crippen molar-refractivity contribution in [2.45, 2.75) is 44.9 Å². The Hall–Kier alpha value is -3.16. The minimum absolute atomic E-state index is 0.0516. The summed E-state index contributed by atoms with van der Waals surface area (Å²) in [6.07, 6.45) is -2.50. The van der Waals surface area contributed by atoms with Gasteiger partial charge in [-0.25, -0.2) is 19.3 Å². The monoisotopic (exact) mass is 512 g/mol. The van der Waals surface area contributed by atoms with Gasteiger partial charge >= 0.3 is 6.18 Å². The van der Waals surface area contributed by atoms with E-state index in [1.807, 2.05) is 0 Å². The average molecular weight is 512 g/mol. The second-order valence-corrected chi connectivity index (χ2v) is 9.14. The van der Waals surface area contributed by atoms with Gasteiger partial charge in [0.1, 0.15) is 22.7 Å². The van der Waals surface area contributed by atoms with Crippen LogP contribution in [0, 0.1) is 12.7 Å². The summed E-state index contributed by atoms with van der Waals surface area (Å²) < 4.78 is 64.5. The van der Waals surface area contributed by atoms with E-state index >= 15 is 4.39 Å². The minimum atomic E-state index is -4.69. The molecular weight excluding hydrogens is 492 g/mol. The third-order valence-corrected chi connectivity index (χ3v) is 6.10. The summed E-state index contributed by atoms with van der Waals surface area (Å²) >= 11 is 1.23. The van der Waals surface area contributed by atoms with Crippen LogP contribution in [0.2, 0.25) is 0 Å². The lowest BCUT2D eigenvalue weighted by molar-refractivity contribution is -0.145. The van der Waals surface area contributed by atoms with Crippen molar-refractivity contribution in [3.05, 3.63) is 58.4 Å². The summed E-state index contributed by atoms with van der Waals surface area (Å²) in [5.41, 5.74) is -0.0905. The molecule has 2 N–H and O–H groups in total. The van der Waals surface area contributed by atoms with Gasteiger partial charge in [-0.1, -0.05) is 0 Å². The maximum atomic E-state index is 15.4. The summed E-state index contributed by atoms with van der Waals surface area (Å²) in [7, 11) is 0. The van der Waals surface area contributed by atoms with Crippen LogP contribution >= 0.6 is 11.3 Å². The fraction of sp³-hybridized carbons (Fsp3) is 0.364. The van der Waals surface area contributed by atoms with Crippen molar-refractivity contribution in [2.24, 2.45) is 0 Å². The number of nitrogens with one attached hydrogen (secondary N) is 1. The summed E-state index contributed by atoms with van der Waals surface area (Å²) in [5, 5.41) is 12.4. The van der Waals surface area contributed by atoms with Crippen LogP contribution in [0.25, 0.3) is 10.6 Å². The van der Waals surface area contributed by atoms with Gasteiger partial charge in [-0.2, -0.15) is 13.2 Å². The molecule has 13 heteroatoms. The number of amides is 1. The van der Waals surface area contributed by atoms with E-state index in [0.717, 1.165) is 17.3 Å². The highest BCUT2D eigenvalue weighted by molar-refractivity contribution is 7.14. The Balaban J connectivity index is 1.61. The summed E-state index contributed by atoms with van der Waals surface area (Å²) in [5.74, 6) is -2.78. The quantitative estimate of drug-likeness (QED) is 0.480. The lowest BCUT2D eigenvalue weighted by Crippen LogP contribution is -2.28. The van der Waals surface area contributed by atoms with Crippen LogP contribution in [0.1, 0.15) is 46.0 Å². The molecular formula is C22H20F4N4O4S. The molecule has 4 rings (SSSR count). The number of aryl methyl sites for hydroxylation is 1. The number of carbonyl (C=O) groups is 1. The maximum absolute atomic E-state index is 15.4. The Morgan fingerprint density at radius 3 is 2.54 bits per heavy atom. The first-order valence-corrected chi connectivity index (χ1v) is 11.3. The van der Waals surface area contributed by atoms with Crippen molar-refractivity contribution in [2.75, 3.05) is 6.61 Å². The maximum Gasteiger partial charge on any atom is 0.451 e. The molecule has 0 bridgehead atoms. The number of aliphatic hydroxyl groups excluding tert-OH is 1. The summed E-state index contributed by atoms with van der Waals surface area (Å²) in [6, 6.07) is 1.81. The van der Waals surface area contributed by atoms with E-state index in [1.54, 1.807) is 13.1 Å². The first kappa shape index (κ1) is 24.9. The Kier molecular flexibility index (Phi) is 7.01. The van der Waals surface area contributed by atoms with Crippen LogP contribution in [0.5, 0.6) is 5.75 Å². The molecule has 8 nitrogen and oxygen atoms in total. The average Bonchev–Trinajstić information content (AvgIpc) is 3.41. The van der Waals surface area contributed by atoms with Gasteiger partial charge in [-0.05, 0) is 26.0 Å². The number of hydrogen-bond acceptors (Lipinski definition) is 8. The van der Waals surface area contributed by atoms with E-state index in [9.17, 15) is 23.1 Å². The molecule has 1 aliphatic heterocycles. The van der Waals surface area contributed by atoms with Crippen molar-refractivity contribution in [3.8, 4) is 16.3 Å². The molecule has 3 heterocycles. The zero-order valence-corrected chi connectivity index (χ0v) is 19.3. The molecule has 1 aliphatic rings. The molecule has 1 aromatic carbocycles. The standard InChI is InChI=1S/C22H20F4N4O4S/c1-10-6-27-20(35-10)16-4-13(34-14-5-17(31)33-9-14)3-15(18(16)23)19(32)30-11(2)12-7-28-21(29-8-12)22(24,25)26/h3-4,6-8,11,14,17,31H,5,9H2,1-2H3,(H,30,32)/t11-,14-,17+/m1/s1. The molecule has 1 amide bonds. The minimum Gasteiger partial charge on any atom is -0.488 e. The fourth-order valence-corrected chi connectivity index (χ4v) is 4.16. The molecule has 2 aromatic heterocycles. The van der Waals surface area contributed by atoms with Gasteiger partial charge in [0.25, 0.3) is 5.91 Å². The Morgan fingerprint density at radius 1 is 1.26 bits per heavy atom. The van der Waals surface area contributed by atoms with Gasteiger partial charge < -0.3 is 19.9 Å². The Bertz CT molecular complexity index is 1220. The molecule has 0 unspecified atom stereocenters. The highest BCUT2D eigenvalue weighted by atomic mass is 32.1. The van der Waals surface area contributed by atoms with Gasteiger partial charge in [0.15, 0.2) is 6.29 Å². The third-order valence-electron chi connectivity index (χ3n) is 5.16. The predicted octanol–water partition coefficient (Wildman–Crippen LogP) is 4.04. The fourth-order valence-electron chi connectivity index (χ4n) is 3.39. The largest absolute Gasteiger partial charge is 0.488 e. The van der Waals surface area contributed by atoms with E-state index in [-0.39, 0.29) is 35.5 Å². The van der Waals surface area contributed by atoms with Crippen molar-refractivity contribution in [1.29, 1.82) is 0 Å². The number of aliphatic hydroxyl groups is 1. The molecule has 1 fully saturated rings. The highest BCUT2D eigenvalue weighted by Crippen LogP contribution is 2.34. The Labute approximate surface area is 201 Å². The molecule has 3 aromatic rings. The predicted molar refractivity (Wildman–Crippen MR) is 116 cm³/mol. The smallest absolute Gasteiger partial charge is 0.451 e. The number of thiazole rings is 1. The van der Waals surface area contributed by atoms with Crippen LogP contribution in [0.4, 0.5) is 17.6 Å². The topological polar surface area (TPSA) is 106 Å². The number of nitrogens with zero attached hydrogens (tertiary/aromatic N) is 3. The van der Waals surface area contributed by atoms with Crippen molar-refractivity contribution in [1.82, 2.24) is 20.3 Å². The highest BCUT2D eigenvalue weighted by Gasteiger charge is 2.34. The van der Waals surface area contributed by atoms with Crippen LogP contribution in [-0.4, -0.2) is 45.0 Å². The van der Waals surface area contributed by atoms with Gasteiger partial charge in [-0.15, -0.1) is 11.3 Å². The van der Waals surface area contributed by atoms with Crippen LogP contribution in [0.3, 0.4) is 0 Å². The van der Waals surface area contributed by atoms with Crippen LogP contribution in [0.15, 0.2) is 30.7 Å². The van der Waals surface area contributed by atoms with E-state index in [2.05, 4.69) is 20.3 Å². The lowest BCUT2D eigenvalue weighted by Gasteiger charge is -2.17. The number of hydrogen-bond donors (Lipinski definition) is 2. The number of carbonyl (C=O) groups excluding carboxylic acids is 1. The number of ether oxygens (including phenoxy) is 2. The molecule has 1 saturated heterocycles. The van der Waals surface area contributed by atoms with E-state index in [1.165, 1.54) is 30.4 Å². The number of alkyl halides is 3. The van der Waals surface area contributed by atoms with E-state index in [0.29, 0.717) is 5.01 Å². The zero-order chi connectivity index (χ0) is 25.3. The molecule has 3 atom stereocenters.